The first-order valence-electron chi connectivity index (χ1n) is 5.90. The summed E-state index contributed by atoms with van der Waals surface area (Å²) >= 11 is 0. The van der Waals surface area contributed by atoms with Gasteiger partial charge in [-0.1, -0.05) is 0 Å². The molecule has 0 radical (unpaired) electrons. The van der Waals surface area contributed by atoms with Crippen molar-refractivity contribution in [2.75, 3.05) is 13.1 Å². The summed E-state index contributed by atoms with van der Waals surface area (Å²) < 4.78 is 1.92. The molecule has 0 spiro atoms. The lowest BCUT2D eigenvalue weighted by atomic mass is 10.2. The molecule has 4 nitrogen and oxygen atoms in total. The largest absolute Gasteiger partial charge is 0.339 e. The molecule has 0 fully saturated rings. The first kappa shape index (κ1) is 11.6. The predicted molar refractivity (Wildman–Crippen MR) is 67.2 cm³/mol. The summed E-state index contributed by atoms with van der Waals surface area (Å²) in [6.07, 6.45) is 3.83. The summed E-state index contributed by atoms with van der Waals surface area (Å²) in [6, 6.07) is 3.68. The zero-order valence-electron chi connectivity index (χ0n) is 10.5. The molecule has 0 aliphatic heterocycles. The maximum Gasteiger partial charge on any atom is 0.254 e. The zero-order chi connectivity index (χ0) is 12.4. The van der Waals surface area contributed by atoms with Crippen molar-refractivity contribution in [2.24, 2.45) is 0 Å². The van der Waals surface area contributed by atoms with Crippen LogP contribution in [0.2, 0.25) is 0 Å². The number of hydrogen-bond acceptors (Lipinski definition) is 2. The van der Waals surface area contributed by atoms with Crippen LogP contribution in [-0.4, -0.2) is 33.3 Å². The van der Waals surface area contributed by atoms with Crippen LogP contribution in [0.25, 0.3) is 5.65 Å². The van der Waals surface area contributed by atoms with Crippen molar-refractivity contribution >= 4 is 11.6 Å². The van der Waals surface area contributed by atoms with Crippen LogP contribution < -0.4 is 0 Å². The molecule has 0 unspecified atom stereocenters. The molecule has 0 aliphatic rings. The third-order valence-electron chi connectivity index (χ3n) is 2.88. The fourth-order valence-corrected chi connectivity index (χ4v) is 1.94. The van der Waals surface area contributed by atoms with E-state index in [-0.39, 0.29) is 5.91 Å². The van der Waals surface area contributed by atoms with Gasteiger partial charge in [-0.25, -0.2) is 4.98 Å². The highest BCUT2D eigenvalue weighted by Gasteiger charge is 2.13. The van der Waals surface area contributed by atoms with E-state index in [1.807, 2.05) is 54.6 Å². The summed E-state index contributed by atoms with van der Waals surface area (Å²) in [5.74, 6) is 0.0677. The van der Waals surface area contributed by atoms with Gasteiger partial charge in [-0.05, 0) is 32.9 Å². The summed E-state index contributed by atoms with van der Waals surface area (Å²) in [5.41, 5.74) is 2.48. The van der Waals surface area contributed by atoms with Crippen LogP contribution in [0.3, 0.4) is 0 Å². The lowest BCUT2D eigenvalue weighted by Gasteiger charge is -2.18. The van der Waals surface area contributed by atoms with Crippen LogP contribution in [0.15, 0.2) is 24.5 Å². The van der Waals surface area contributed by atoms with Gasteiger partial charge in [-0.15, -0.1) is 0 Å². The van der Waals surface area contributed by atoms with Gasteiger partial charge in [0.1, 0.15) is 5.65 Å². The van der Waals surface area contributed by atoms with Crippen LogP contribution in [0.1, 0.15) is 29.9 Å². The smallest absolute Gasteiger partial charge is 0.254 e. The van der Waals surface area contributed by atoms with E-state index in [0.717, 1.165) is 24.4 Å². The Morgan fingerprint density at radius 3 is 2.76 bits per heavy atom. The Labute approximate surface area is 101 Å². The molecular weight excluding hydrogens is 214 g/mol. The molecule has 2 aromatic heterocycles. The molecule has 4 heteroatoms. The Morgan fingerprint density at radius 2 is 2.12 bits per heavy atom. The van der Waals surface area contributed by atoms with Crippen molar-refractivity contribution in [3.8, 4) is 0 Å². The molecule has 90 valence electrons. The second kappa shape index (κ2) is 4.57. The number of nitrogens with zero attached hydrogens (tertiary/aromatic N) is 3. The summed E-state index contributed by atoms with van der Waals surface area (Å²) in [7, 11) is 0. The monoisotopic (exact) mass is 231 g/mol. The van der Waals surface area contributed by atoms with E-state index in [9.17, 15) is 4.79 Å². The normalized spacial score (nSPS) is 10.8. The van der Waals surface area contributed by atoms with Gasteiger partial charge >= 0.3 is 0 Å². The average Bonchev–Trinajstić information content (AvgIpc) is 2.69. The summed E-state index contributed by atoms with van der Waals surface area (Å²) in [4.78, 5) is 18.3. The second-order valence-electron chi connectivity index (χ2n) is 4.04. The highest BCUT2D eigenvalue weighted by atomic mass is 16.2. The molecule has 0 saturated heterocycles. The van der Waals surface area contributed by atoms with E-state index in [4.69, 9.17) is 0 Å². The number of carbonyl (C=O) groups is 1. The molecule has 0 aliphatic carbocycles. The number of amides is 1. The lowest BCUT2D eigenvalue weighted by Crippen LogP contribution is -2.30. The number of pyridine rings is 1. The molecule has 2 heterocycles. The Morgan fingerprint density at radius 1 is 1.41 bits per heavy atom. The number of carbonyl (C=O) groups excluding carboxylic acids is 1. The van der Waals surface area contributed by atoms with Crippen molar-refractivity contribution in [1.82, 2.24) is 14.3 Å². The van der Waals surface area contributed by atoms with Gasteiger partial charge in [0.25, 0.3) is 5.91 Å². The van der Waals surface area contributed by atoms with Crippen LogP contribution in [0.5, 0.6) is 0 Å². The fourth-order valence-electron chi connectivity index (χ4n) is 1.94. The number of fused-ring (bicyclic) bond motifs is 1. The minimum absolute atomic E-state index is 0.0677. The maximum absolute atomic E-state index is 12.1. The molecule has 0 atom stereocenters. The molecular formula is C13H17N3O. The van der Waals surface area contributed by atoms with Gasteiger partial charge in [0.05, 0.1) is 5.69 Å². The molecule has 17 heavy (non-hydrogen) atoms. The molecule has 1 amide bonds. The molecule has 2 aromatic rings. The van der Waals surface area contributed by atoms with Gasteiger partial charge < -0.3 is 9.30 Å². The summed E-state index contributed by atoms with van der Waals surface area (Å²) in [5, 5.41) is 0. The van der Waals surface area contributed by atoms with E-state index in [1.54, 1.807) is 0 Å². The van der Waals surface area contributed by atoms with Gasteiger partial charge in [0.15, 0.2) is 0 Å². The lowest BCUT2D eigenvalue weighted by molar-refractivity contribution is 0.0773. The number of aromatic nitrogens is 2. The second-order valence-corrected chi connectivity index (χ2v) is 4.04. The quantitative estimate of drug-likeness (QED) is 0.811. The maximum atomic E-state index is 12.1. The third-order valence-corrected chi connectivity index (χ3v) is 2.88. The van der Waals surface area contributed by atoms with Crippen LogP contribution in [-0.2, 0) is 0 Å². The van der Waals surface area contributed by atoms with E-state index in [0.29, 0.717) is 5.56 Å². The highest BCUT2D eigenvalue weighted by molar-refractivity contribution is 5.95. The Hall–Kier alpha value is -1.84. The Kier molecular flexibility index (Phi) is 3.13. The van der Waals surface area contributed by atoms with Crippen LogP contribution in [0, 0.1) is 6.92 Å². The topological polar surface area (TPSA) is 37.6 Å². The van der Waals surface area contributed by atoms with Crippen molar-refractivity contribution < 1.29 is 4.79 Å². The number of rotatable bonds is 3. The minimum atomic E-state index is 0.0677. The minimum Gasteiger partial charge on any atom is -0.339 e. The molecule has 0 aromatic carbocycles. The Bertz CT molecular complexity index is 541. The highest BCUT2D eigenvalue weighted by Crippen LogP contribution is 2.10. The molecule has 2 rings (SSSR count). The third kappa shape index (κ3) is 2.16. The zero-order valence-corrected chi connectivity index (χ0v) is 10.5. The van der Waals surface area contributed by atoms with E-state index >= 15 is 0 Å². The predicted octanol–water partition coefficient (Wildman–Crippen LogP) is 2.12. The standard InChI is InChI=1S/C13H17N3O/c1-4-15(5-2)13(17)11-6-7-16-9-10(3)14-12(16)8-11/h6-9H,4-5H2,1-3H3. The van der Waals surface area contributed by atoms with Crippen LogP contribution >= 0.6 is 0 Å². The van der Waals surface area contributed by atoms with Crippen molar-refractivity contribution in [3.05, 3.63) is 35.8 Å². The van der Waals surface area contributed by atoms with E-state index in [2.05, 4.69) is 4.98 Å². The first-order chi connectivity index (χ1) is 8.15. The number of hydrogen-bond donors (Lipinski definition) is 0. The fraction of sp³-hybridized carbons (Fsp3) is 0.385. The van der Waals surface area contributed by atoms with Crippen LogP contribution in [0.4, 0.5) is 0 Å². The van der Waals surface area contributed by atoms with Gasteiger partial charge in [0.2, 0.25) is 0 Å². The Balaban J connectivity index is 2.38. The van der Waals surface area contributed by atoms with Gasteiger partial charge in [-0.2, -0.15) is 0 Å². The average molecular weight is 231 g/mol. The van der Waals surface area contributed by atoms with Crippen molar-refractivity contribution in [2.45, 2.75) is 20.8 Å². The first-order valence-corrected chi connectivity index (χ1v) is 5.90. The molecule has 0 bridgehead atoms. The van der Waals surface area contributed by atoms with Crippen molar-refractivity contribution in [3.63, 3.8) is 0 Å². The van der Waals surface area contributed by atoms with Gasteiger partial charge in [-0.3, -0.25) is 4.79 Å². The summed E-state index contributed by atoms with van der Waals surface area (Å²) in [6.45, 7) is 7.38. The van der Waals surface area contributed by atoms with E-state index in [1.165, 1.54) is 0 Å². The van der Waals surface area contributed by atoms with Gasteiger partial charge in [0, 0.05) is 31.0 Å². The van der Waals surface area contributed by atoms with E-state index < -0.39 is 0 Å². The van der Waals surface area contributed by atoms with Crippen molar-refractivity contribution in [1.29, 1.82) is 0 Å². The molecule has 0 saturated carbocycles. The SMILES string of the molecule is CCN(CC)C(=O)c1ccn2cc(C)nc2c1. The molecule has 0 N–H and O–H groups in total. The number of aryl methyl sites for hydroxylation is 1. The number of imidazole rings is 1.